The summed E-state index contributed by atoms with van der Waals surface area (Å²) in [7, 11) is 2.21. The summed E-state index contributed by atoms with van der Waals surface area (Å²) >= 11 is 0. The second kappa shape index (κ2) is 8.18. The summed E-state index contributed by atoms with van der Waals surface area (Å²) in [6, 6.07) is 7.23. The van der Waals surface area contributed by atoms with Crippen LogP contribution in [0.1, 0.15) is 43.0 Å². The van der Waals surface area contributed by atoms with Crippen LogP contribution in [0.2, 0.25) is 0 Å². The molecule has 0 radical (unpaired) electrons. The Kier molecular flexibility index (Phi) is 6.25. The van der Waals surface area contributed by atoms with Gasteiger partial charge in [-0.3, -0.25) is 4.79 Å². The first kappa shape index (κ1) is 16.8. The van der Waals surface area contributed by atoms with E-state index < -0.39 is 0 Å². The molecule has 0 bridgehead atoms. The van der Waals surface area contributed by atoms with Crippen LogP contribution in [0, 0.1) is 5.92 Å². The maximum absolute atomic E-state index is 12.5. The second-order valence-corrected chi connectivity index (χ2v) is 6.47. The number of carbonyl (C=O) groups excluding carboxylic acids is 1. The summed E-state index contributed by atoms with van der Waals surface area (Å²) in [6.45, 7) is 6.31. The van der Waals surface area contributed by atoms with Crippen LogP contribution in [0.3, 0.4) is 0 Å². The van der Waals surface area contributed by atoms with Crippen molar-refractivity contribution < 1.29 is 4.79 Å². The van der Waals surface area contributed by atoms with Gasteiger partial charge in [-0.25, -0.2) is 0 Å². The summed E-state index contributed by atoms with van der Waals surface area (Å²) in [5.74, 6) is 0.857. The summed E-state index contributed by atoms with van der Waals surface area (Å²) in [5.41, 5.74) is 7.12. The second-order valence-electron chi connectivity index (χ2n) is 6.47. The molecular formula is C18H29N3O. The Hall–Kier alpha value is -1.55. The lowest BCUT2D eigenvalue weighted by atomic mass is 9.95. The highest BCUT2D eigenvalue weighted by molar-refractivity contribution is 5.94. The van der Waals surface area contributed by atoms with Crippen LogP contribution in [0.25, 0.3) is 0 Å². The van der Waals surface area contributed by atoms with Crippen LogP contribution in [-0.2, 0) is 0 Å². The van der Waals surface area contributed by atoms with Crippen LogP contribution in [0.4, 0.5) is 5.69 Å². The first-order valence-electron chi connectivity index (χ1n) is 8.43. The van der Waals surface area contributed by atoms with Crippen molar-refractivity contribution in [3.63, 3.8) is 0 Å². The van der Waals surface area contributed by atoms with E-state index in [4.69, 9.17) is 5.73 Å². The van der Waals surface area contributed by atoms with Crippen molar-refractivity contribution >= 4 is 11.6 Å². The Balaban J connectivity index is 1.79. The minimum atomic E-state index is 0.137. The van der Waals surface area contributed by atoms with Gasteiger partial charge in [0.25, 0.3) is 5.91 Å². The van der Waals surface area contributed by atoms with Crippen molar-refractivity contribution in [2.75, 3.05) is 39.0 Å². The number of unbranched alkanes of at least 4 members (excludes halogenated alkanes) is 1. The van der Waals surface area contributed by atoms with Gasteiger partial charge in [0.15, 0.2) is 0 Å². The zero-order valence-electron chi connectivity index (χ0n) is 13.9. The molecule has 1 aliphatic rings. The molecule has 1 amide bonds. The van der Waals surface area contributed by atoms with E-state index in [1.54, 1.807) is 12.1 Å². The molecule has 0 unspecified atom stereocenters. The first-order chi connectivity index (χ1) is 10.6. The summed E-state index contributed by atoms with van der Waals surface area (Å²) in [6.07, 6.45) is 4.73. The Labute approximate surface area is 134 Å². The van der Waals surface area contributed by atoms with Gasteiger partial charge in [-0.15, -0.1) is 0 Å². The summed E-state index contributed by atoms with van der Waals surface area (Å²) in [4.78, 5) is 16.9. The molecule has 1 aromatic carbocycles. The van der Waals surface area contributed by atoms with E-state index >= 15 is 0 Å². The maximum atomic E-state index is 12.5. The Morgan fingerprint density at radius 3 is 2.50 bits per heavy atom. The predicted molar refractivity (Wildman–Crippen MR) is 91.9 cm³/mol. The van der Waals surface area contributed by atoms with Crippen LogP contribution < -0.4 is 5.73 Å². The molecule has 22 heavy (non-hydrogen) atoms. The quantitative estimate of drug-likeness (QED) is 0.822. The van der Waals surface area contributed by atoms with Crippen LogP contribution in [-0.4, -0.2) is 48.9 Å². The molecule has 122 valence electrons. The zero-order valence-corrected chi connectivity index (χ0v) is 13.9. The average molecular weight is 303 g/mol. The Bertz CT molecular complexity index is 464. The van der Waals surface area contributed by atoms with E-state index in [1.165, 1.54) is 19.4 Å². The van der Waals surface area contributed by atoms with Crippen LogP contribution in [0.15, 0.2) is 24.3 Å². The maximum Gasteiger partial charge on any atom is 0.253 e. The SMILES string of the molecule is CCCCN(C)CC1CCN(C(=O)c2ccc(N)cc2)CC1. The lowest BCUT2D eigenvalue weighted by Crippen LogP contribution is -2.41. The normalized spacial score (nSPS) is 16.2. The average Bonchev–Trinajstić information content (AvgIpc) is 2.54. The molecule has 1 heterocycles. The van der Waals surface area contributed by atoms with E-state index in [-0.39, 0.29) is 5.91 Å². The lowest BCUT2D eigenvalue weighted by Gasteiger charge is -2.34. The third-order valence-electron chi connectivity index (χ3n) is 4.52. The van der Waals surface area contributed by atoms with E-state index in [2.05, 4.69) is 18.9 Å². The van der Waals surface area contributed by atoms with Gasteiger partial charge in [-0.05, 0) is 63.0 Å². The summed E-state index contributed by atoms with van der Waals surface area (Å²) < 4.78 is 0. The molecule has 1 aromatic rings. The lowest BCUT2D eigenvalue weighted by molar-refractivity contribution is 0.0673. The number of nitrogens with two attached hydrogens (primary N) is 1. The van der Waals surface area contributed by atoms with Gasteiger partial charge in [-0.1, -0.05) is 13.3 Å². The van der Waals surface area contributed by atoms with Crippen molar-refractivity contribution in [1.29, 1.82) is 0 Å². The molecule has 0 aromatic heterocycles. The van der Waals surface area contributed by atoms with E-state index in [0.29, 0.717) is 5.69 Å². The molecule has 1 saturated heterocycles. The number of hydrogen-bond acceptors (Lipinski definition) is 3. The number of amides is 1. The highest BCUT2D eigenvalue weighted by Crippen LogP contribution is 2.20. The molecule has 0 aliphatic carbocycles. The number of likely N-dealkylation sites (tertiary alicyclic amines) is 1. The molecule has 0 spiro atoms. The third-order valence-corrected chi connectivity index (χ3v) is 4.52. The van der Waals surface area contributed by atoms with Gasteiger partial charge in [0.05, 0.1) is 0 Å². The third kappa shape index (κ3) is 4.73. The van der Waals surface area contributed by atoms with Crippen molar-refractivity contribution in [3.05, 3.63) is 29.8 Å². The minimum absolute atomic E-state index is 0.137. The largest absolute Gasteiger partial charge is 0.399 e. The smallest absolute Gasteiger partial charge is 0.253 e. The molecular weight excluding hydrogens is 274 g/mol. The fraction of sp³-hybridized carbons (Fsp3) is 0.611. The van der Waals surface area contributed by atoms with E-state index in [0.717, 1.165) is 44.0 Å². The van der Waals surface area contributed by atoms with Crippen molar-refractivity contribution in [2.24, 2.45) is 5.92 Å². The Morgan fingerprint density at radius 2 is 1.91 bits per heavy atom. The Morgan fingerprint density at radius 1 is 1.27 bits per heavy atom. The molecule has 1 aliphatic heterocycles. The fourth-order valence-electron chi connectivity index (χ4n) is 3.09. The van der Waals surface area contributed by atoms with Crippen molar-refractivity contribution in [1.82, 2.24) is 9.80 Å². The molecule has 1 fully saturated rings. The zero-order chi connectivity index (χ0) is 15.9. The molecule has 0 atom stereocenters. The van der Waals surface area contributed by atoms with Crippen LogP contribution in [0.5, 0.6) is 0 Å². The van der Waals surface area contributed by atoms with Crippen molar-refractivity contribution in [2.45, 2.75) is 32.6 Å². The standard InChI is InChI=1S/C18H29N3O/c1-3-4-11-20(2)14-15-9-12-21(13-10-15)18(22)16-5-7-17(19)8-6-16/h5-8,15H,3-4,9-14,19H2,1-2H3. The minimum Gasteiger partial charge on any atom is -0.399 e. The number of benzene rings is 1. The molecule has 2 rings (SSSR count). The van der Waals surface area contributed by atoms with Gasteiger partial charge >= 0.3 is 0 Å². The predicted octanol–water partition coefficient (Wildman–Crippen LogP) is 2.85. The number of hydrogen-bond donors (Lipinski definition) is 1. The highest BCUT2D eigenvalue weighted by atomic mass is 16.2. The number of rotatable bonds is 6. The van der Waals surface area contributed by atoms with Gasteiger partial charge < -0.3 is 15.5 Å². The van der Waals surface area contributed by atoms with E-state index in [1.807, 2.05) is 17.0 Å². The number of anilines is 1. The molecule has 0 saturated carbocycles. The number of piperidine rings is 1. The van der Waals surface area contributed by atoms with Gasteiger partial charge in [-0.2, -0.15) is 0 Å². The number of nitrogens with zero attached hydrogens (tertiary/aromatic N) is 2. The highest BCUT2D eigenvalue weighted by Gasteiger charge is 2.24. The van der Waals surface area contributed by atoms with Crippen molar-refractivity contribution in [3.8, 4) is 0 Å². The van der Waals surface area contributed by atoms with Gasteiger partial charge in [0.2, 0.25) is 0 Å². The first-order valence-corrected chi connectivity index (χ1v) is 8.43. The van der Waals surface area contributed by atoms with Crippen LogP contribution >= 0.6 is 0 Å². The van der Waals surface area contributed by atoms with Gasteiger partial charge in [0, 0.05) is 30.9 Å². The molecule has 2 N–H and O–H groups in total. The monoisotopic (exact) mass is 303 g/mol. The summed E-state index contributed by atoms with van der Waals surface area (Å²) in [5, 5.41) is 0. The van der Waals surface area contributed by atoms with Gasteiger partial charge in [0.1, 0.15) is 0 Å². The molecule has 4 nitrogen and oxygen atoms in total. The van der Waals surface area contributed by atoms with E-state index in [9.17, 15) is 4.79 Å². The number of nitrogen functional groups attached to an aromatic ring is 1. The fourth-order valence-corrected chi connectivity index (χ4v) is 3.09. The number of carbonyl (C=O) groups is 1. The molecule has 4 heteroatoms. The topological polar surface area (TPSA) is 49.6 Å².